The van der Waals surface area contributed by atoms with E-state index in [0.29, 0.717) is 6.04 Å². The summed E-state index contributed by atoms with van der Waals surface area (Å²) < 4.78 is 0. The van der Waals surface area contributed by atoms with Gasteiger partial charge in [0.2, 0.25) is 0 Å². The molecule has 0 aromatic rings. The predicted octanol–water partition coefficient (Wildman–Crippen LogP) is 1.81. The lowest BCUT2D eigenvalue weighted by Crippen LogP contribution is -2.38. The molecule has 0 aliphatic carbocycles. The van der Waals surface area contributed by atoms with Gasteiger partial charge in [0.05, 0.1) is 0 Å². The minimum absolute atomic E-state index is 0.623. The predicted molar refractivity (Wildman–Crippen MR) is 66.1 cm³/mol. The molecule has 1 fully saturated rings. The molecule has 2 nitrogen and oxygen atoms in total. The maximum atomic E-state index is 3.61. The van der Waals surface area contributed by atoms with E-state index in [0.717, 1.165) is 11.3 Å². The Morgan fingerprint density at radius 1 is 1.43 bits per heavy atom. The standard InChI is InChI=1S/C11H24N2S/c1-9(2)12-11-5-6-13(8-11)7-10(3)14-4/h9-12H,5-8H2,1-4H3. The number of nitrogens with zero attached hydrogens (tertiary/aromatic N) is 1. The minimum atomic E-state index is 0.623. The van der Waals surface area contributed by atoms with Gasteiger partial charge in [-0.15, -0.1) is 0 Å². The van der Waals surface area contributed by atoms with Crippen LogP contribution in [-0.4, -0.2) is 48.1 Å². The Labute approximate surface area is 92.8 Å². The lowest BCUT2D eigenvalue weighted by atomic mass is 10.2. The van der Waals surface area contributed by atoms with Gasteiger partial charge in [-0.2, -0.15) is 11.8 Å². The van der Waals surface area contributed by atoms with Crippen molar-refractivity contribution < 1.29 is 0 Å². The molecule has 14 heavy (non-hydrogen) atoms. The van der Waals surface area contributed by atoms with Crippen molar-refractivity contribution in [2.75, 3.05) is 25.9 Å². The number of nitrogens with one attached hydrogen (secondary N) is 1. The Morgan fingerprint density at radius 2 is 2.14 bits per heavy atom. The van der Waals surface area contributed by atoms with E-state index in [1.165, 1.54) is 26.1 Å². The van der Waals surface area contributed by atoms with Crippen LogP contribution in [0.25, 0.3) is 0 Å². The first-order valence-electron chi connectivity index (χ1n) is 5.63. The highest BCUT2D eigenvalue weighted by Gasteiger charge is 2.23. The molecule has 0 bridgehead atoms. The van der Waals surface area contributed by atoms with E-state index >= 15 is 0 Å². The van der Waals surface area contributed by atoms with Crippen LogP contribution in [0.3, 0.4) is 0 Å². The number of thioether (sulfide) groups is 1. The number of likely N-dealkylation sites (tertiary alicyclic amines) is 1. The van der Waals surface area contributed by atoms with Crippen molar-refractivity contribution >= 4 is 11.8 Å². The van der Waals surface area contributed by atoms with Gasteiger partial charge in [0, 0.05) is 30.4 Å². The van der Waals surface area contributed by atoms with E-state index in [1.54, 1.807) is 0 Å². The molecule has 1 saturated heterocycles. The van der Waals surface area contributed by atoms with Crippen LogP contribution in [0, 0.1) is 0 Å². The fourth-order valence-corrected chi connectivity index (χ4v) is 2.40. The molecule has 1 aliphatic heterocycles. The molecule has 3 heteroatoms. The molecule has 0 saturated carbocycles. The van der Waals surface area contributed by atoms with Gasteiger partial charge in [-0.3, -0.25) is 0 Å². The molecule has 2 atom stereocenters. The Balaban J connectivity index is 2.20. The Hall–Kier alpha value is 0.270. The number of hydrogen-bond donors (Lipinski definition) is 1. The Kier molecular flexibility index (Phi) is 5.28. The fraction of sp³-hybridized carbons (Fsp3) is 1.00. The Bertz CT molecular complexity index is 161. The number of rotatable bonds is 5. The average molecular weight is 216 g/mol. The highest BCUT2D eigenvalue weighted by Crippen LogP contribution is 2.14. The van der Waals surface area contributed by atoms with Crippen LogP contribution in [0.15, 0.2) is 0 Å². The molecule has 1 aliphatic rings. The van der Waals surface area contributed by atoms with Crippen LogP contribution in [-0.2, 0) is 0 Å². The van der Waals surface area contributed by atoms with E-state index in [4.69, 9.17) is 0 Å². The molecule has 0 amide bonds. The summed E-state index contributed by atoms with van der Waals surface area (Å²) >= 11 is 1.96. The second-order valence-corrected chi connectivity index (χ2v) is 5.89. The maximum absolute atomic E-state index is 3.61. The third kappa shape index (κ3) is 4.20. The summed E-state index contributed by atoms with van der Waals surface area (Å²) in [6.45, 7) is 10.5. The summed E-state index contributed by atoms with van der Waals surface area (Å²) in [5, 5.41) is 4.39. The van der Waals surface area contributed by atoms with Gasteiger partial charge >= 0.3 is 0 Å². The Morgan fingerprint density at radius 3 is 2.71 bits per heavy atom. The molecule has 0 aromatic carbocycles. The average Bonchev–Trinajstić information content (AvgIpc) is 2.51. The van der Waals surface area contributed by atoms with Crippen molar-refractivity contribution in [3.63, 3.8) is 0 Å². The zero-order valence-corrected chi connectivity index (χ0v) is 10.7. The van der Waals surface area contributed by atoms with Crippen LogP contribution < -0.4 is 5.32 Å². The molecule has 0 radical (unpaired) electrons. The van der Waals surface area contributed by atoms with Gasteiger partial charge in [0.1, 0.15) is 0 Å². The first-order chi connectivity index (χ1) is 6.61. The summed E-state index contributed by atoms with van der Waals surface area (Å²) in [5.74, 6) is 0. The summed E-state index contributed by atoms with van der Waals surface area (Å²) in [7, 11) is 0. The van der Waals surface area contributed by atoms with Gasteiger partial charge in [0.15, 0.2) is 0 Å². The summed E-state index contributed by atoms with van der Waals surface area (Å²) in [6.07, 6.45) is 3.52. The second-order valence-electron chi connectivity index (χ2n) is 4.61. The smallest absolute Gasteiger partial charge is 0.0209 e. The van der Waals surface area contributed by atoms with E-state index in [9.17, 15) is 0 Å². The third-order valence-electron chi connectivity index (χ3n) is 2.76. The van der Waals surface area contributed by atoms with Crippen molar-refractivity contribution in [2.45, 2.75) is 44.5 Å². The quantitative estimate of drug-likeness (QED) is 0.754. The molecule has 0 aromatic heterocycles. The normalized spacial score (nSPS) is 25.9. The molecule has 1 heterocycles. The fourth-order valence-electron chi connectivity index (χ4n) is 2.04. The molecule has 1 rings (SSSR count). The number of hydrogen-bond acceptors (Lipinski definition) is 3. The van der Waals surface area contributed by atoms with Crippen molar-refractivity contribution in [1.29, 1.82) is 0 Å². The van der Waals surface area contributed by atoms with Gasteiger partial charge in [-0.25, -0.2) is 0 Å². The molecule has 2 unspecified atom stereocenters. The van der Waals surface area contributed by atoms with E-state index in [2.05, 4.69) is 37.2 Å². The molecular formula is C11H24N2S. The molecule has 0 spiro atoms. The highest BCUT2D eigenvalue weighted by atomic mass is 32.2. The zero-order valence-electron chi connectivity index (χ0n) is 9.92. The van der Waals surface area contributed by atoms with Gasteiger partial charge in [0.25, 0.3) is 0 Å². The minimum Gasteiger partial charge on any atom is -0.310 e. The largest absolute Gasteiger partial charge is 0.310 e. The van der Waals surface area contributed by atoms with Crippen molar-refractivity contribution in [3.05, 3.63) is 0 Å². The second kappa shape index (κ2) is 5.99. The SMILES string of the molecule is CSC(C)CN1CCC(NC(C)C)C1. The van der Waals surface area contributed by atoms with E-state index in [-0.39, 0.29) is 0 Å². The monoisotopic (exact) mass is 216 g/mol. The van der Waals surface area contributed by atoms with Crippen molar-refractivity contribution in [3.8, 4) is 0 Å². The molecule has 1 N–H and O–H groups in total. The highest BCUT2D eigenvalue weighted by molar-refractivity contribution is 7.99. The lowest BCUT2D eigenvalue weighted by molar-refractivity contribution is 0.328. The lowest BCUT2D eigenvalue weighted by Gasteiger charge is -2.20. The van der Waals surface area contributed by atoms with Crippen LogP contribution in [0.1, 0.15) is 27.2 Å². The summed E-state index contributed by atoms with van der Waals surface area (Å²) in [5.41, 5.74) is 0. The first kappa shape index (κ1) is 12.3. The first-order valence-corrected chi connectivity index (χ1v) is 6.91. The van der Waals surface area contributed by atoms with Crippen molar-refractivity contribution in [2.24, 2.45) is 0 Å². The third-order valence-corrected chi connectivity index (χ3v) is 3.71. The van der Waals surface area contributed by atoms with Crippen LogP contribution in [0.5, 0.6) is 0 Å². The molecule has 84 valence electrons. The van der Waals surface area contributed by atoms with Crippen LogP contribution in [0.4, 0.5) is 0 Å². The summed E-state index contributed by atoms with van der Waals surface area (Å²) in [4.78, 5) is 2.58. The maximum Gasteiger partial charge on any atom is 0.0209 e. The molecular weight excluding hydrogens is 192 g/mol. The van der Waals surface area contributed by atoms with Crippen molar-refractivity contribution in [1.82, 2.24) is 10.2 Å². The van der Waals surface area contributed by atoms with Gasteiger partial charge in [-0.1, -0.05) is 20.8 Å². The topological polar surface area (TPSA) is 15.3 Å². The van der Waals surface area contributed by atoms with Gasteiger partial charge < -0.3 is 10.2 Å². The van der Waals surface area contributed by atoms with E-state index in [1.807, 2.05) is 11.8 Å². The summed E-state index contributed by atoms with van der Waals surface area (Å²) in [6, 6.07) is 1.35. The van der Waals surface area contributed by atoms with Crippen LogP contribution in [0.2, 0.25) is 0 Å². The van der Waals surface area contributed by atoms with E-state index < -0.39 is 0 Å². The zero-order chi connectivity index (χ0) is 10.6. The van der Waals surface area contributed by atoms with Crippen LogP contribution >= 0.6 is 11.8 Å². The van der Waals surface area contributed by atoms with Gasteiger partial charge in [-0.05, 0) is 19.2 Å².